The second kappa shape index (κ2) is 12.0. The molecule has 0 amide bonds. The fourth-order valence-electron chi connectivity index (χ4n) is 5.61. The highest BCUT2D eigenvalue weighted by atomic mass is 79.9. The number of hydrogen-bond donors (Lipinski definition) is 0. The Morgan fingerprint density at radius 1 is 1.00 bits per heavy atom. The Hall–Kier alpha value is -4.31. The second-order valence-corrected chi connectivity index (χ2v) is 13.2. The van der Waals surface area contributed by atoms with E-state index in [1.54, 1.807) is 11.5 Å². The summed E-state index contributed by atoms with van der Waals surface area (Å²) < 4.78 is 11.0. The van der Waals surface area contributed by atoms with Crippen LogP contribution in [0.3, 0.4) is 0 Å². The van der Waals surface area contributed by atoms with Gasteiger partial charge in [-0.2, -0.15) is 0 Å². The lowest BCUT2D eigenvalue weighted by Crippen LogP contribution is -2.39. The predicted octanol–water partition coefficient (Wildman–Crippen LogP) is 6.76. The standard InChI is InChI=1S/C35H26BrN3O3S2/c1-2-42-34(41)30-31(23-9-4-3-5-10-23)37-35-39(32(30)28-13-8-18-43-28)33(40)29(44-35)19-24-21-38(27-12-7-6-11-26(24)27)20-22-14-16-25(36)17-15-22/h3-19,21,32H,2,20H2,1H3/b29-19-. The lowest BCUT2D eigenvalue weighted by Gasteiger charge is -2.24. The molecular weight excluding hydrogens is 654 g/mol. The Labute approximate surface area is 269 Å². The van der Waals surface area contributed by atoms with Gasteiger partial charge in [-0.15, -0.1) is 11.3 Å². The maximum atomic E-state index is 14.3. The summed E-state index contributed by atoms with van der Waals surface area (Å²) in [6.07, 6.45) is 4.05. The van der Waals surface area contributed by atoms with Gasteiger partial charge in [-0.25, -0.2) is 9.79 Å². The van der Waals surface area contributed by atoms with Gasteiger partial charge in [0.15, 0.2) is 4.80 Å². The SMILES string of the molecule is CCOC(=O)C1=C(c2ccccc2)N=c2s/c(=C\c3cn(Cc4ccc(Br)cc4)c4ccccc34)c(=O)n2C1c1cccs1. The molecule has 0 saturated heterocycles. The maximum absolute atomic E-state index is 14.3. The number of carbonyl (C=O) groups is 1. The van der Waals surface area contributed by atoms with Gasteiger partial charge in [0.1, 0.15) is 6.04 Å². The summed E-state index contributed by atoms with van der Waals surface area (Å²) >= 11 is 6.36. The molecule has 0 radical (unpaired) electrons. The molecule has 3 aromatic heterocycles. The van der Waals surface area contributed by atoms with E-state index in [2.05, 4.69) is 51.0 Å². The molecule has 1 atom stereocenters. The number of para-hydroxylation sites is 1. The van der Waals surface area contributed by atoms with Crippen molar-refractivity contribution in [2.45, 2.75) is 19.5 Å². The number of rotatable bonds is 7. The van der Waals surface area contributed by atoms with Gasteiger partial charge in [0.05, 0.1) is 22.4 Å². The molecule has 1 aliphatic heterocycles. The molecule has 0 N–H and O–H groups in total. The fraction of sp³-hybridized carbons (Fsp3) is 0.114. The van der Waals surface area contributed by atoms with Crippen LogP contribution in [0.1, 0.15) is 34.5 Å². The number of ether oxygens (including phenoxy) is 1. The molecule has 0 fully saturated rings. The van der Waals surface area contributed by atoms with Crippen LogP contribution in [0.2, 0.25) is 0 Å². The molecule has 1 unspecified atom stereocenters. The lowest BCUT2D eigenvalue weighted by atomic mass is 9.97. The van der Waals surface area contributed by atoms with Crippen LogP contribution in [-0.4, -0.2) is 21.7 Å². The molecule has 7 rings (SSSR count). The van der Waals surface area contributed by atoms with Crippen molar-refractivity contribution in [1.82, 2.24) is 9.13 Å². The maximum Gasteiger partial charge on any atom is 0.338 e. The summed E-state index contributed by atoms with van der Waals surface area (Å²) in [5.41, 5.74) is 4.71. The van der Waals surface area contributed by atoms with Crippen LogP contribution in [-0.2, 0) is 16.1 Å². The van der Waals surface area contributed by atoms with E-state index in [0.717, 1.165) is 31.4 Å². The molecule has 0 bridgehead atoms. The van der Waals surface area contributed by atoms with Crippen molar-refractivity contribution in [2.24, 2.45) is 4.99 Å². The molecule has 4 heterocycles. The van der Waals surface area contributed by atoms with Crippen LogP contribution >= 0.6 is 38.6 Å². The number of fused-ring (bicyclic) bond motifs is 2. The first-order valence-electron chi connectivity index (χ1n) is 14.2. The molecule has 44 heavy (non-hydrogen) atoms. The summed E-state index contributed by atoms with van der Waals surface area (Å²) in [7, 11) is 0. The van der Waals surface area contributed by atoms with E-state index in [0.29, 0.717) is 27.1 Å². The third-order valence-corrected chi connectivity index (χ3v) is 9.99. The summed E-state index contributed by atoms with van der Waals surface area (Å²) in [5, 5.41) is 3.01. The Morgan fingerprint density at radius 3 is 2.52 bits per heavy atom. The van der Waals surface area contributed by atoms with Crippen molar-refractivity contribution in [1.29, 1.82) is 0 Å². The Kier molecular flexibility index (Phi) is 7.76. The van der Waals surface area contributed by atoms with E-state index in [1.807, 2.05) is 78.2 Å². The normalized spacial score (nSPS) is 15.0. The highest BCUT2D eigenvalue weighted by Gasteiger charge is 2.35. The van der Waals surface area contributed by atoms with Crippen molar-refractivity contribution in [3.05, 3.63) is 154 Å². The van der Waals surface area contributed by atoms with Crippen LogP contribution in [0.15, 0.2) is 122 Å². The van der Waals surface area contributed by atoms with Crippen LogP contribution in [0.25, 0.3) is 22.7 Å². The van der Waals surface area contributed by atoms with Crippen molar-refractivity contribution in [3.63, 3.8) is 0 Å². The molecule has 0 saturated carbocycles. The molecule has 9 heteroatoms. The first kappa shape index (κ1) is 28.5. The molecule has 3 aromatic carbocycles. The topological polar surface area (TPSA) is 65.6 Å². The number of benzene rings is 3. The van der Waals surface area contributed by atoms with E-state index < -0.39 is 12.0 Å². The third-order valence-electron chi connectivity index (χ3n) is 7.56. The summed E-state index contributed by atoms with van der Waals surface area (Å²) in [6, 6.07) is 29.4. The average Bonchev–Trinajstić information content (AvgIpc) is 3.77. The fourth-order valence-corrected chi connectivity index (χ4v) is 7.68. The highest BCUT2D eigenvalue weighted by molar-refractivity contribution is 9.10. The van der Waals surface area contributed by atoms with Crippen molar-refractivity contribution >= 4 is 67.2 Å². The summed E-state index contributed by atoms with van der Waals surface area (Å²) in [5.74, 6) is -0.473. The van der Waals surface area contributed by atoms with Crippen LogP contribution in [0, 0.1) is 0 Å². The number of halogens is 1. The highest BCUT2D eigenvalue weighted by Crippen LogP contribution is 2.37. The number of nitrogens with zero attached hydrogens (tertiary/aromatic N) is 3. The zero-order valence-corrected chi connectivity index (χ0v) is 26.9. The monoisotopic (exact) mass is 679 g/mol. The predicted molar refractivity (Wildman–Crippen MR) is 181 cm³/mol. The van der Waals surface area contributed by atoms with Crippen LogP contribution < -0.4 is 14.9 Å². The van der Waals surface area contributed by atoms with Crippen molar-refractivity contribution in [2.75, 3.05) is 6.61 Å². The van der Waals surface area contributed by atoms with E-state index in [1.165, 1.54) is 28.2 Å². The Morgan fingerprint density at radius 2 is 1.77 bits per heavy atom. The number of aromatic nitrogens is 2. The Bertz CT molecular complexity index is 2210. The summed E-state index contributed by atoms with van der Waals surface area (Å²) in [6.45, 7) is 2.70. The summed E-state index contributed by atoms with van der Waals surface area (Å²) in [4.78, 5) is 34.2. The van der Waals surface area contributed by atoms with E-state index in [4.69, 9.17) is 9.73 Å². The minimum Gasteiger partial charge on any atom is -0.463 e. The van der Waals surface area contributed by atoms with Gasteiger partial charge in [0, 0.05) is 44.1 Å². The smallest absolute Gasteiger partial charge is 0.338 e. The Balaban J connectivity index is 1.43. The first-order chi connectivity index (χ1) is 21.5. The van der Waals surface area contributed by atoms with E-state index in [-0.39, 0.29) is 12.2 Å². The molecule has 6 aromatic rings. The zero-order valence-electron chi connectivity index (χ0n) is 23.6. The average molecular weight is 681 g/mol. The number of esters is 1. The van der Waals surface area contributed by atoms with E-state index in [9.17, 15) is 9.59 Å². The minimum atomic E-state index is -0.651. The quantitative estimate of drug-likeness (QED) is 0.175. The van der Waals surface area contributed by atoms with E-state index >= 15 is 0 Å². The lowest BCUT2D eigenvalue weighted by molar-refractivity contribution is -0.138. The number of hydrogen-bond acceptors (Lipinski definition) is 6. The second-order valence-electron chi connectivity index (χ2n) is 10.3. The zero-order chi connectivity index (χ0) is 30.2. The molecule has 0 spiro atoms. The van der Waals surface area contributed by atoms with Gasteiger partial charge < -0.3 is 9.30 Å². The number of thiophene rings is 1. The third kappa shape index (κ3) is 5.21. The molecule has 0 aliphatic carbocycles. The minimum absolute atomic E-state index is 0.189. The van der Waals surface area contributed by atoms with Crippen molar-refractivity contribution in [3.8, 4) is 0 Å². The van der Waals surface area contributed by atoms with Gasteiger partial charge in [-0.3, -0.25) is 9.36 Å². The molecule has 218 valence electrons. The number of thiazole rings is 1. The first-order valence-corrected chi connectivity index (χ1v) is 16.6. The van der Waals surface area contributed by atoms with Crippen LogP contribution in [0.4, 0.5) is 0 Å². The van der Waals surface area contributed by atoms with Gasteiger partial charge in [0.2, 0.25) is 0 Å². The van der Waals surface area contributed by atoms with Gasteiger partial charge in [0.25, 0.3) is 5.56 Å². The number of carbonyl (C=O) groups excluding carboxylic acids is 1. The largest absolute Gasteiger partial charge is 0.463 e. The van der Waals surface area contributed by atoms with Crippen LogP contribution in [0.5, 0.6) is 0 Å². The van der Waals surface area contributed by atoms with Gasteiger partial charge in [-0.1, -0.05) is 94.0 Å². The molecule has 6 nitrogen and oxygen atoms in total. The molecule has 1 aliphatic rings. The van der Waals surface area contributed by atoms with Crippen molar-refractivity contribution < 1.29 is 9.53 Å². The van der Waals surface area contributed by atoms with Gasteiger partial charge in [-0.05, 0) is 48.2 Å². The molecular formula is C35H26BrN3O3S2. The van der Waals surface area contributed by atoms with Gasteiger partial charge >= 0.3 is 5.97 Å².